The Balaban J connectivity index is 1.92. The molecule has 152 valence electrons. The number of benzene rings is 2. The van der Waals surface area contributed by atoms with Crippen LogP contribution in [0.25, 0.3) is 22.0 Å². The van der Waals surface area contributed by atoms with Crippen LogP contribution in [0, 0.1) is 11.6 Å². The summed E-state index contributed by atoms with van der Waals surface area (Å²) in [4.78, 5) is 10.6. The molecule has 1 aromatic heterocycles. The van der Waals surface area contributed by atoms with E-state index in [4.69, 9.17) is 16.3 Å². The van der Waals surface area contributed by atoms with Gasteiger partial charge in [0.15, 0.2) is 5.82 Å². The Hall–Kier alpha value is -2.51. The van der Waals surface area contributed by atoms with E-state index >= 15 is 4.39 Å². The quantitative estimate of drug-likeness (QED) is 0.682. The number of nitrogens with one attached hydrogen (secondary N) is 1. The number of anilines is 1. The molecule has 1 saturated heterocycles. The maximum atomic E-state index is 15.6. The van der Waals surface area contributed by atoms with Crippen molar-refractivity contribution >= 4 is 28.3 Å². The second-order valence-corrected chi connectivity index (χ2v) is 7.74. The van der Waals surface area contributed by atoms with E-state index in [0.717, 1.165) is 13.1 Å². The number of rotatable bonds is 3. The molecule has 4 rings (SSSR count). The number of nitrogens with zero attached hydrogens (tertiary/aromatic N) is 3. The summed E-state index contributed by atoms with van der Waals surface area (Å²) in [6.07, 6.45) is 1.33. The molecular formula is C21H21ClF2N4O. The topological polar surface area (TPSA) is 50.3 Å². The molecule has 2 aromatic carbocycles. The van der Waals surface area contributed by atoms with Crippen LogP contribution in [0.1, 0.15) is 13.8 Å². The molecule has 0 aliphatic carbocycles. The SMILES string of the molecule is COc1cccc(F)c1-c1c(Cl)cc2c(N3C[C@@H](C)N[C@@H](C)C3)ncnc2c1F. The summed E-state index contributed by atoms with van der Waals surface area (Å²) >= 11 is 6.46. The first kappa shape index (κ1) is 19.8. The molecule has 1 aliphatic rings. The molecule has 0 saturated carbocycles. The fourth-order valence-electron chi connectivity index (χ4n) is 4.01. The third kappa shape index (κ3) is 3.49. The van der Waals surface area contributed by atoms with E-state index in [2.05, 4.69) is 34.0 Å². The first-order chi connectivity index (χ1) is 13.9. The zero-order valence-electron chi connectivity index (χ0n) is 16.3. The highest BCUT2D eigenvalue weighted by Gasteiger charge is 2.27. The van der Waals surface area contributed by atoms with Crippen LogP contribution >= 0.6 is 11.6 Å². The molecule has 5 nitrogen and oxygen atoms in total. The molecule has 0 spiro atoms. The zero-order valence-corrected chi connectivity index (χ0v) is 17.1. The number of ether oxygens (including phenoxy) is 1. The monoisotopic (exact) mass is 418 g/mol. The van der Waals surface area contributed by atoms with E-state index < -0.39 is 11.6 Å². The number of hydrogen-bond acceptors (Lipinski definition) is 5. The fraction of sp³-hybridized carbons (Fsp3) is 0.333. The summed E-state index contributed by atoms with van der Waals surface area (Å²) in [6.45, 7) is 5.61. The number of aromatic nitrogens is 2. The average molecular weight is 419 g/mol. The van der Waals surface area contributed by atoms with Crippen LogP contribution in [0.5, 0.6) is 5.75 Å². The maximum absolute atomic E-state index is 15.6. The van der Waals surface area contributed by atoms with Gasteiger partial charge in [0.25, 0.3) is 0 Å². The molecule has 2 heterocycles. The minimum absolute atomic E-state index is 0.0241. The molecule has 8 heteroatoms. The van der Waals surface area contributed by atoms with Gasteiger partial charge in [-0.25, -0.2) is 18.7 Å². The van der Waals surface area contributed by atoms with Gasteiger partial charge in [0.05, 0.1) is 17.7 Å². The lowest BCUT2D eigenvalue weighted by Gasteiger charge is -2.37. The van der Waals surface area contributed by atoms with Gasteiger partial charge in [-0.2, -0.15) is 0 Å². The Kier molecular flexibility index (Phi) is 5.27. The van der Waals surface area contributed by atoms with Gasteiger partial charge in [0.2, 0.25) is 0 Å². The van der Waals surface area contributed by atoms with Gasteiger partial charge in [-0.1, -0.05) is 17.7 Å². The minimum Gasteiger partial charge on any atom is -0.496 e. The van der Waals surface area contributed by atoms with Crippen molar-refractivity contribution in [3.63, 3.8) is 0 Å². The first-order valence-corrected chi connectivity index (χ1v) is 9.75. The molecule has 0 radical (unpaired) electrons. The van der Waals surface area contributed by atoms with Gasteiger partial charge in [-0.3, -0.25) is 0 Å². The van der Waals surface area contributed by atoms with Crippen LogP contribution in [0.3, 0.4) is 0 Å². The molecule has 0 bridgehead atoms. The van der Waals surface area contributed by atoms with E-state index in [1.54, 1.807) is 12.1 Å². The van der Waals surface area contributed by atoms with Crippen LogP contribution in [0.4, 0.5) is 14.6 Å². The van der Waals surface area contributed by atoms with Crippen LogP contribution in [0.2, 0.25) is 5.02 Å². The number of fused-ring (bicyclic) bond motifs is 1. The summed E-state index contributed by atoms with van der Waals surface area (Å²) in [5.41, 5.74) is 0.00309. The van der Waals surface area contributed by atoms with Crippen molar-refractivity contribution < 1.29 is 13.5 Å². The number of hydrogen-bond donors (Lipinski definition) is 1. The molecule has 0 amide bonds. The summed E-state index contributed by atoms with van der Waals surface area (Å²) in [5, 5.41) is 4.03. The van der Waals surface area contributed by atoms with E-state index in [0.29, 0.717) is 11.2 Å². The Morgan fingerprint density at radius 3 is 2.55 bits per heavy atom. The van der Waals surface area contributed by atoms with Gasteiger partial charge in [0.1, 0.15) is 29.2 Å². The fourth-order valence-corrected chi connectivity index (χ4v) is 4.30. The van der Waals surface area contributed by atoms with Crippen LogP contribution in [-0.2, 0) is 0 Å². The Bertz CT molecular complexity index is 1070. The number of halogens is 3. The summed E-state index contributed by atoms with van der Waals surface area (Å²) < 4.78 is 35.4. The van der Waals surface area contributed by atoms with Gasteiger partial charge in [-0.15, -0.1) is 0 Å². The van der Waals surface area contributed by atoms with Crippen molar-refractivity contribution in [3.8, 4) is 16.9 Å². The number of piperazine rings is 1. The molecule has 1 fully saturated rings. The lowest BCUT2D eigenvalue weighted by atomic mass is 10.0. The highest BCUT2D eigenvalue weighted by molar-refractivity contribution is 6.34. The second-order valence-electron chi connectivity index (χ2n) is 7.33. The molecule has 1 N–H and O–H groups in total. The summed E-state index contributed by atoms with van der Waals surface area (Å²) in [7, 11) is 1.40. The van der Waals surface area contributed by atoms with Gasteiger partial charge in [-0.05, 0) is 32.0 Å². The van der Waals surface area contributed by atoms with E-state index in [9.17, 15) is 4.39 Å². The van der Waals surface area contributed by atoms with E-state index in [-0.39, 0.29) is 39.5 Å². The Labute approximate surface area is 172 Å². The molecule has 3 aromatic rings. The van der Waals surface area contributed by atoms with E-state index in [1.807, 2.05) is 0 Å². The molecule has 2 atom stereocenters. The highest BCUT2D eigenvalue weighted by Crippen LogP contribution is 2.42. The first-order valence-electron chi connectivity index (χ1n) is 9.37. The van der Waals surface area contributed by atoms with Gasteiger partial charge < -0.3 is 15.0 Å². The van der Waals surface area contributed by atoms with Crippen LogP contribution < -0.4 is 15.0 Å². The van der Waals surface area contributed by atoms with Gasteiger partial charge in [0, 0.05) is 36.1 Å². The third-order valence-electron chi connectivity index (χ3n) is 5.10. The summed E-state index contributed by atoms with van der Waals surface area (Å²) in [5.74, 6) is -0.508. The van der Waals surface area contributed by atoms with Crippen molar-refractivity contribution in [1.82, 2.24) is 15.3 Å². The van der Waals surface area contributed by atoms with Crippen molar-refractivity contribution in [2.75, 3.05) is 25.1 Å². The second kappa shape index (κ2) is 7.72. The standard InChI is InChI=1S/C21H21ClF2N4O/c1-11-8-28(9-12(2)27-11)21-13-7-14(22)17(19(24)20(13)25-10-26-21)18-15(23)5-4-6-16(18)29-3/h4-7,10-12,27H,8-9H2,1-3H3/t11-,12+. The van der Waals surface area contributed by atoms with Crippen LogP contribution in [0.15, 0.2) is 30.6 Å². The van der Waals surface area contributed by atoms with Crippen molar-refractivity contribution in [1.29, 1.82) is 0 Å². The molecule has 29 heavy (non-hydrogen) atoms. The summed E-state index contributed by atoms with van der Waals surface area (Å²) in [6, 6.07) is 6.42. The third-order valence-corrected chi connectivity index (χ3v) is 5.40. The molecule has 1 aliphatic heterocycles. The molecular weight excluding hydrogens is 398 g/mol. The average Bonchev–Trinajstić information content (AvgIpc) is 2.68. The minimum atomic E-state index is -0.698. The van der Waals surface area contributed by atoms with Crippen molar-refractivity contribution in [2.45, 2.75) is 25.9 Å². The smallest absolute Gasteiger partial charge is 0.159 e. The van der Waals surface area contributed by atoms with Gasteiger partial charge >= 0.3 is 0 Å². The lowest BCUT2D eigenvalue weighted by molar-refractivity contribution is 0.405. The van der Waals surface area contributed by atoms with Crippen molar-refractivity contribution in [2.24, 2.45) is 0 Å². The number of methoxy groups -OCH3 is 1. The Morgan fingerprint density at radius 1 is 1.14 bits per heavy atom. The largest absolute Gasteiger partial charge is 0.496 e. The van der Waals surface area contributed by atoms with Crippen LogP contribution in [-0.4, -0.2) is 42.3 Å². The van der Waals surface area contributed by atoms with Crippen molar-refractivity contribution in [3.05, 3.63) is 47.2 Å². The lowest BCUT2D eigenvalue weighted by Crippen LogP contribution is -2.54. The maximum Gasteiger partial charge on any atom is 0.159 e. The molecule has 0 unspecified atom stereocenters. The normalized spacial score (nSPS) is 19.6. The predicted molar refractivity (Wildman–Crippen MR) is 111 cm³/mol. The zero-order chi connectivity index (χ0) is 20.7. The van der Waals surface area contributed by atoms with E-state index in [1.165, 1.54) is 25.6 Å². The Morgan fingerprint density at radius 2 is 1.86 bits per heavy atom. The predicted octanol–water partition coefficient (Wildman–Crippen LogP) is 4.42. The highest BCUT2D eigenvalue weighted by atomic mass is 35.5.